The monoisotopic (exact) mass is 319 g/mol. The van der Waals surface area contributed by atoms with Crippen molar-refractivity contribution in [1.82, 2.24) is 4.98 Å². The van der Waals surface area contributed by atoms with Crippen molar-refractivity contribution >= 4 is 40.6 Å². The molecule has 1 aliphatic heterocycles. The molecule has 7 heteroatoms. The first kappa shape index (κ1) is 14.7. The Hall–Kier alpha value is -2.90. The van der Waals surface area contributed by atoms with E-state index in [1.54, 1.807) is 24.5 Å². The van der Waals surface area contributed by atoms with Crippen LogP contribution in [0.3, 0.4) is 0 Å². The van der Waals surface area contributed by atoms with Gasteiger partial charge in [-0.2, -0.15) is 0 Å². The highest BCUT2D eigenvalue weighted by atomic mass is 16.7. The topological polar surface area (TPSA) is 83.5 Å². The molecule has 3 N–H and O–H groups in total. The second-order valence-corrected chi connectivity index (χ2v) is 5.66. The fourth-order valence-electron chi connectivity index (χ4n) is 2.75. The Morgan fingerprint density at radius 3 is 3.04 bits per heavy atom. The SMILES string of the molecule is O=C(Cc1ccc2c(c1)NOB2O)Nc1ccc2cnccc2c1. The first-order valence-corrected chi connectivity index (χ1v) is 7.55. The third-order valence-corrected chi connectivity index (χ3v) is 3.95. The molecule has 3 aromatic rings. The predicted molar refractivity (Wildman–Crippen MR) is 92.8 cm³/mol. The van der Waals surface area contributed by atoms with Crippen LogP contribution < -0.4 is 16.3 Å². The summed E-state index contributed by atoms with van der Waals surface area (Å²) in [4.78, 5) is 16.3. The molecule has 0 saturated carbocycles. The molecule has 0 aliphatic carbocycles. The average molecular weight is 319 g/mol. The van der Waals surface area contributed by atoms with Gasteiger partial charge in [0.25, 0.3) is 0 Å². The minimum Gasteiger partial charge on any atom is -0.422 e. The molecule has 118 valence electrons. The summed E-state index contributed by atoms with van der Waals surface area (Å²) in [5.74, 6) is -0.109. The van der Waals surface area contributed by atoms with Gasteiger partial charge in [-0.05, 0) is 35.2 Å². The number of carbonyl (C=O) groups excluding carboxylic acids is 1. The lowest BCUT2D eigenvalue weighted by Gasteiger charge is -2.07. The predicted octanol–water partition coefficient (Wildman–Crippen LogP) is 1.46. The minimum absolute atomic E-state index is 0.109. The summed E-state index contributed by atoms with van der Waals surface area (Å²) in [6, 6.07) is 13.0. The van der Waals surface area contributed by atoms with Gasteiger partial charge in [-0.1, -0.05) is 18.2 Å². The number of benzene rings is 2. The summed E-state index contributed by atoms with van der Waals surface area (Å²) in [6.07, 6.45) is 3.75. The molecule has 1 amide bonds. The van der Waals surface area contributed by atoms with Crippen LogP contribution in [0.2, 0.25) is 0 Å². The first-order valence-electron chi connectivity index (χ1n) is 7.55. The highest BCUT2D eigenvalue weighted by molar-refractivity contribution is 6.63. The lowest BCUT2D eigenvalue weighted by Crippen LogP contribution is -2.27. The van der Waals surface area contributed by atoms with Crippen molar-refractivity contribution in [2.45, 2.75) is 6.42 Å². The van der Waals surface area contributed by atoms with Gasteiger partial charge in [0.2, 0.25) is 5.91 Å². The second kappa shape index (κ2) is 5.95. The molecule has 0 unspecified atom stereocenters. The number of amides is 1. The Labute approximate surface area is 138 Å². The minimum atomic E-state index is -0.963. The van der Waals surface area contributed by atoms with Gasteiger partial charge in [-0.3, -0.25) is 20.0 Å². The van der Waals surface area contributed by atoms with E-state index in [0.29, 0.717) is 11.2 Å². The Morgan fingerprint density at radius 1 is 1.21 bits per heavy atom. The molecule has 0 spiro atoms. The van der Waals surface area contributed by atoms with E-state index in [-0.39, 0.29) is 12.3 Å². The van der Waals surface area contributed by atoms with Crippen LogP contribution in [0.1, 0.15) is 5.56 Å². The van der Waals surface area contributed by atoms with Crippen molar-refractivity contribution in [2.24, 2.45) is 0 Å². The number of nitrogens with one attached hydrogen (secondary N) is 2. The molecular weight excluding hydrogens is 305 g/mol. The van der Waals surface area contributed by atoms with Crippen molar-refractivity contribution in [2.75, 3.05) is 10.8 Å². The van der Waals surface area contributed by atoms with Crippen LogP contribution in [0, 0.1) is 0 Å². The average Bonchev–Trinajstić information content (AvgIpc) is 2.95. The lowest BCUT2D eigenvalue weighted by atomic mass is 9.79. The molecule has 0 bridgehead atoms. The van der Waals surface area contributed by atoms with Crippen LogP contribution in [0.4, 0.5) is 11.4 Å². The standard InChI is InChI=1S/C17H14BN3O3/c22-17(8-11-1-4-15-16(7-11)21-24-18(15)23)20-14-3-2-13-10-19-6-5-12(13)9-14/h1-7,9-10,21,23H,8H2,(H,20,22). The second-order valence-electron chi connectivity index (χ2n) is 5.66. The van der Waals surface area contributed by atoms with Crippen molar-refractivity contribution in [3.8, 4) is 0 Å². The van der Waals surface area contributed by atoms with Crippen LogP contribution in [0.25, 0.3) is 10.8 Å². The van der Waals surface area contributed by atoms with Crippen molar-refractivity contribution in [1.29, 1.82) is 0 Å². The summed E-state index contributed by atoms with van der Waals surface area (Å²) in [6.45, 7) is 0. The summed E-state index contributed by atoms with van der Waals surface area (Å²) in [7, 11) is -0.963. The van der Waals surface area contributed by atoms with E-state index in [9.17, 15) is 9.82 Å². The number of aromatic nitrogens is 1. The van der Waals surface area contributed by atoms with Gasteiger partial charge in [0, 0.05) is 28.9 Å². The maximum absolute atomic E-state index is 12.3. The number of hydrogen-bond donors (Lipinski definition) is 3. The number of hydrogen-bond acceptors (Lipinski definition) is 5. The van der Waals surface area contributed by atoms with Gasteiger partial charge in [0.05, 0.1) is 12.1 Å². The number of pyridine rings is 1. The smallest absolute Gasteiger partial charge is 0.422 e. The Morgan fingerprint density at radius 2 is 2.12 bits per heavy atom. The fourth-order valence-corrected chi connectivity index (χ4v) is 2.75. The van der Waals surface area contributed by atoms with E-state index < -0.39 is 7.12 Å². The van der Waals surface area contributed by atoms with Crippen LogP contribution >= 0.6 is 0 Å². The van der Waals surface area contributed by atoms with Crippen LogP contribution in [0.5, 0.6) is 0 Å². The van der Waals surface area contributed by atoms with Crippen molar-refractivity contribution in [3.05, 3.63) is 60.4 Å². The van der Waals surface area contributed by atoms with Gasteiger partial charge in [0.15, 0.2) is 0 Å². The van der Waals surface area contributed by atoms with Crippen LogP contribution in [-0.4, -0.2) is 23.0 Å². The third-order valence-electron chi connectivity index (χ3n) is 3.95. The number of rotatable bonds is 3. The quantitative estimate of drug-likeness (QED) is 0.637. The maximum atomic E-state index is 12.3. The van der Waals surface area contributed by atoms with Crippen molar-refractivity contribution < 1.29 is 14.6 Å². The molecule has 4 rings (SSSR count). The van der Waals surface area contributed by atoms with Crippen molar-refractivity contribution in [3.63, 3.8) is 0 Å². The molecule has 6 nitrogen and oxygen atoms in total. The molecular formula is C17H14BN3O3. The molecule has 2 aromatic carbocycles. The van der Waals surface area contributed by atoms with E-state index in [0.717, 1.165) is 22.0 Å². The van der Waals surface area contributed by atoms with E-state index in [4.69, 9.17) is 4.76 Å². The van der Waals surface area contributed by atoms with Gasteiger partial charge >= 0.3 is 7.12 Å². The Balaban J connectivity index is 1.48. The Kier molecular flexibility index (Phi) is 3.64. The van der Waals surface area contributed by atoms with Crippen LogP contribution in [0.15, 0.2) is 54.9 Å². The zero-order valence-electron chi connectivity index (χ0n) is 12.7. The van der Waals surface area contributed by atoms with Gasteiger partial charge in [-0.25, -0.2) is 0 Å². The molecule has 1 aromatic heterocycles. The third kappa shape index (κ3) is 2.82. The highest BCUT2D eigenvalue weighted by Gasteiger charge is 2.27. The largest absolute Gasteiger partial charge is 0.516 e. The van der Waals surface area contributed by atoms with Gasteiger partial charge < -0.3 is 10.3 Å². The summed E-state index contributed by atoms with van der Waals surface area (Å²) < 4.78 is 4.92. The molecule has 0 saturated heterocycles. The van der Waals surface area contributed by atoms with Crippen LogP contribution in [-0.2, 0) is 16.0 Å². The number of nitrogens with zero attached hydrogens (tertiary/aromatic N) is 1. The van der Waals surface area contributed by atoms with Gasteiger partial charge in [-0.15, -0.1) is 0 Å². The maximum Gasteiger partial charge on any atom is 0.516 e. The van der Waals surface area contributed by atoms with E-state index in [2.05, 4.69) is 15.8 Å². The fraction of sp³-hybridized carbons (Fsp3) is 0.0588. The molecule has 0 atom stereocenters. The highest BCUT2D eigenvalue weighted by Crippen LogP contribution is 2.19. The van der Waals surface area contributed by atoms with E-state index >= 15 is 0 Å². The van der Waals surface area contributed by atoms with E-state index in [1.807, 2.05) is 30.3 Å². The molecule has 0 fully saturated rings. The number of carbonyl (C=O) groups is 1. The first-order chi connectivity index (χ1) is 11.7. The summed E-state index contributed by atoms with van der Waals surface area (Å²) in [5.41, 5.74) is 5.58. The molecule has 1 aliphatic rings. The van der Waals surface area contributed by atoms with Gasteiger partial charge in [0.1, 0.15) is 0 Å². The molecule has 2 heterocycles. The molecule has 0 radical (unpaired) electrons. The number of fused-ring (bicyclic) bond motifs is 2. The lowest BCUT2D eigenvalue weighted by molar-refractivity contribution is -0.115. The normalized spacial score (nSPS) is 12.8. The van der Waals surface area contributed by atoms with E-state index in [1.165, 1.54) is 0 Å². The number of anilines is 2. The molecule has 24 heavy (non-hydrogen) atoms. The zero-order chi connectivity index (χ0) is 16.5. The summed E-state index contributed by atoms with van der Waals surface area (Å²) in [5, 5.41) is 14.5. The zero-order valence-corrected chi connectivity index (χ0v) is 12.7. The Bertz CT molecular complexity index is 932. The summed E-state index contributed by atoms with van der Waals surface area (Å²) >= 11 is 0.